The predicted octanol–water partition coefficient (Wildman–Crippen LogP) is 0.297. The van der Waals surface area contributed by atoms with Crippen LogP contribution >= 0.6 is 0 Å². The van der Waals surface area contributed by atoms with Crippen molar-refractivity contribution in [1.29, 1.82) is 0 Å². The Kier molecular flexibility index (Phi) is 4.16. The smallest absolute Gasteiger partial charge is 0.270 e. The highest BCUT2D eigenvalue weighted by Gasteiger charge is 2.38. The first-order valence-electron chi connectivity index (χ1n) is 7.67. The lowest BCUT2D eigenvalue weighted by molar-refractivity contribution is -0.128. The second-order valence-electron chi connectivity index (χ2n) is 5.89. The highest BCUT2D eigenvalue weighted by molar-refractivity contribution is 6.05. The molecule has 0 aliphatic carbocycles. The molecule has 1 aliphatic heterocycles. The summed E-state index contributed by atoms with van der Waals surface area (Å²) in [5.74, 6) is -1.67. The van der Waals surface area contributed by atoms with Crippen LogP contribution in [0.25, 0.3) is 10.8 Å². The van der Waals surface area contributed by atoms with Gasteiger partial charge in [0.2, 0.25) is 11.8 Å². The van der Waals surface area contributed by atoms with Gasteiger partial charge in [-0.25, -0.2) is 0 Å². The molecule has 7 nitrogen and oxygen atoms in total. The Hall–Kier alpha value is -2.96. The molecule has 2 atom stereocenters. The lowest BCUT2D eigenvalue weighted by Gasteiger charge is -2.17. The molecule has 0 unspecified atom stereocenters. The van der Waals surface area contributed by atoms with Crippen molar-refractivity contribution in [2.75, 3.05) is 13.1 Å². The first-order chi connectivity index (χ1) is 11.5. The third kappa shape index (κ3) is 2.92. The molecule has 0 saturated carbocycles. The summed E-state index contributed by atoms with van der Waals surface area (Å²) in [6.45, 7) is 1.91. The Bertz CT molecular complexity index is 815. The van der Waals surface area contributed by atoms with E-state index in [0.29, 0.717) is 0 Å². The Labute approximate surface area is 138 Å². The number of carbonyl (C=O) groups is 3. The van der Waals surface area contributed by atoms with E-state index in [1.54, 1.807) is 6.20 Å². The number of rotatable bonds is 3. The summed E-state index contributed by atoms with van der Waals surface area (Å²) in [5, 5.41) is 4.44. The maximum atomic E-state index is 12.6. The van der Waals surface area contributed by atoms with E-state index in [4.69, 9.17) is 5.73 Å². The minimum atomic E-state index is -0.604. The predicted molar refractivity (Wildman–Crippen MR) is 87.9 cm³/mol. The molecule has 0 radical (unpaired) electrons. The number of fused-ring (bicyclic) bond motifs is 1. The van der Waals surface area contributed by atoms with Crippen molar-refractivity contribution >= 4 is 28.5 Å². The first-order valence-corrected chi connectivity index (χ1v) is 7.67. The Morgan fingerprint density at radius 1 is 1.21 bits per heavy atom. The van der Waals surface area contributed by atoms with Crippen molar-refractivity contribution < 1.29 is 14.4 Å². The molecule has 0 bridgehead atoms. The van der Waals surface area contributed by atoms with Gasteiger partial charge in [-0.2, -0.15) is 0 Å². The lowest BCUT2D eigenvalue weighted by Crippen LogP contribution is -2.45. The van der Waals surface area contributed by atoms with Gasteiger partial charge in [0.25, 0.3) is 5.91 Å². The van der Waals surface area contributed by atoms with Crippen LogP contribution in [-0.4, -0.2) is 46.7 Å². The number of amides is 3. The van der Waals surface area contributed by atoms with E-state index in [9.17, 15) is 14.4 Å². The van der Waals surface area contributed by atoms with E-state index >= 15 is 0 Å². The summed E-state index contributed by atoms with van der Waals surface area (Å²) in [5.41, 5.74) is 5.70. The van der Waals surface area contributed by atoms with E-state index in [2.05, 4.69) is 10.3 Å². The fraction of sp³-hybridized carbons (Fsp3) is 0.294. The zero-order valence-corrected chi connectivity index (χ0v) is 13.2. The number of nitrogens with two attached hydrogens (primary N) is 1. The van der Waals surface area contributed by atoms with Crippen LogP contribution in [0.1, 0.15) is 17.4 Å². The van der Waals surface area contributed by atoms with Crippen LogP contribution in [0.2, 0.25) is 0 Å². The molecule has 1 aliphatic rings. The second kappa shape index (κ2) is 6.27. The van der Waals surface area contributed by atoms with Crippen LogP contribution in [0.4, 0.5) is 0 Å². The minimum absolute atomic E-state index is 0.152. The second-order valence-corrected chi connectivity index (χ2v) is 5.89. The molecule has 2 aromatic rings. The fourth-order valence-electron chi connectivity index (χ4n) is 3.03. The third-order valence-corrected chi connectivity index (χ3v) is 4.34. The van der Waals surface area contributed by atoms with Crippen molar-refractivity contribution in [3.8, 4) is 0 Å². The van der Waals surface area contributed by atoms with Crippen LogP contribution in [0.3, 0.4) is 0 Å². The molecule has 0 spiro atoms. The van der Waals surface area contributed by atoms with Gasteiger partial charge in [0.1, 0.15) is 5.69 Å². The van der Waals surface area contributed by atoms with E-state index < -0.39 is 17.9 Å². The number of carbonyl (C=O) groups excluding carboxylic acids is 3. The normalized spacial score (nSPS) is 20.1. The number of hydrogen-bond acceptors (Lipinski definition) is 4. The van der Waals surface area contributed by atoms with Crippen LogP contribution in [0.5, 0.6) is 0 Å². The number of primary amides is 1. The van der Waals surface area contributed by atoms with Crippen LogP contribution in [0, 0.1) is 5.92 Å². The number of benzene rings is 1. The van der Waals surface area contributed by atoms with Gasteiger partial charge in [-0.05, 0) is 11.5 Å². The molecule has 1 fully saturated rings. The van der Waals surface area contributed by atoms with Gasteiger partial charge < -0.3 is 16.0 Å². The van der Waals surface area contributed by atoms with Gasteiger partial charge in [0, 0.05) is 31.6 Å². The van der Waals surface area contributed by atoms with Gasteiger partial charge in [-0.1, -0.05) is 24.3 Å². The van der Waals surface area contributed by atoms with Gasteiger partial charge in [-0.3, -0.25) is 19.4 Å². The number of hydrogen-bond donors (Lipinski definition) is 2. The molecule has 124 valence electrons. The number of nitrogens with one attached hydrogen (secondary N) is 1. The average Bonchev–Trinajstić information content (AvgIpc) is 2.98. The first kappa shape index (κ1) is 15.9. The highest BCUT2D eigenvalue weighted by atomic mass is 16.2. The standard InChI is InChI=1S/C17H18N4O3/c1-10(22)21-8-13(16(18)23)14(9-21)20-17(24)15-12-5-3-2-4-11(12)6-7-19-15/h2-7,13-14H,8-9H2,1H3,(H2,18,23)(H,20,24)/t13-,14+/m1/s1. The summed E-state index contributed by atoms with van der Waals surface area (Å²) in [6.07, 6.45) is 1.57. The number of pyridine rings is 1. The molecule has 3 N–H and O–H groups in total. The summed E-state index contributed by atoms with van der Waals surface area (Å²) < 4.78 is 0. The quantitative estimate of drug-likeness (QED) is 0.846. The molecule has 24 heavy (non-hydrogen) atoms. The van der Waals surface area contributed by atoms with Crippen molar-refractivity contribution in [3.63, 3.8) is 0 Å². The molecular weight excluding hydrogens is 308 g/mol. The monoisotopic (exact) mass is 326 g/mol. The van der Waals surface area contributed by atoms with Crippen LogP contribution < -0.4 is 11.1 Å². The molecule has 1 aromatic carbocycles. The van der Waals surface area contributed by atoms with Crippen molar-refractivity contribution in [2.45, 2.75) is 13.0 Å². The lowest BCUT2D eigenvalue weighted by atomic mass is 10.0. The molecule has 3 amide bonds. The largest absolute Gasteiger partial charge is 0.369 e. The summed E-state index contributed by atoms with van der Waals surface area (Å²) in [7, 11) is 0. The van der Waals surface area contributed by atoms with E-state index in [-0.39, 0.29) is 30.6 Å². The van der Waals surface area contributed by atoms with Gasteiger partial charge in [-0.15, -0.1) is 0 Å². The Morgan fingerprint density at radius 2 is 1.96 bits per heavy atom. The number of likely N-dealkylation sites (tertiary alicyclic amines) is 1. The fourth-order valence-corrected chi connectivity index (χ4v) is 3.03. The maximum absolute atomic E-state index is 12.6. The van der Waals surface area contributed by atoms with E-state index in [1.807, 2.05) is 30.3 Å². The van der Waals surface area contributed by atoms with Gasteiger partial charge in [0.15, 0.2) is 0 Å². The molecule has 2 heterocycles. The van der Waals surface area contributed by atoms with Crippen molar-refractivity contribution in [2.24, 2.45) is 11.7 Å². The van der Waals surface area contributed by atoms with Gasteiger partial charge >= 0.3 is 0 Å². The zero-order chi connectivity index (χ0) is 17.3. The number of nitrogens with zero attached hydrogens (tertiary/aromatic N) is 2. The Morgan fingerprint density at radius 3 is 2.67 bits per heavy atom. The van der Waals surface area contributed by atoms with Crippen LogP contribution in [-0.2, 0) is 9.59 Å². The summed E-state index contributed by atoms with van der Waals surface area (Å²) in [4.78, 5) is 41.5. The third-order valence-electron chi connectivity index (χ3n) is 4.34. The van der Waals surface area contributed by atoms with Crippen molar-refractivity contribution in [1.82, 2.24) is 15.2 Å². The molecule has 3 rings (SSSR count). The van der Waals surface area contributed by atoms with Crippen molar-refractivity contribution in [3.05, 3.63) is 42.2 Å². The van der Waals surface area contributed by atoms with Crippen LogP contribution in [0.15, 0.2) is 36.5 Å². The maximum Gasteiger partial charge on any atom is 0.270 e. The SMILES string of the molecule is CC(=O)N1C[C@H](NC(=O)c2nccc3ccccc23)[C@H](C(N)=O)C1. The summed E-state index contributed by atoms with van der Waals surface area (Å²) in [6, 6.07) is 8.74. The van der Waals surface area contributed by atoms with Gasteiger partial charge in [0.05, 0.1) is 12.0 Å². The molecule has 1 aromatic heterocycles. The summed E-state index contributed by atoms with van der Waals surface area (Å²) >= 11 is 0. The molecule has 1 saturated heterocycles. The highest BCUT2D eigenvalue weighted by Crippen LogP contribution is 2.20. The molecular formula is C17H18N4O3. The van der Waals surface area contributed by atoms with E-state index in [1.165, 1.54) is 11.8 Å². The van der Waals surface area contributed by atoms with E-state index in [0.717, 1.165) is 10.8 Å². The zero-order valence-electron chi connectivity index (χ0n) is 13.2. The Balaban J connectivity index is 1.85. The average molecular weight is 326 g/mol. The minimum Gasteiger partial charge on any atom is -0.369 e. The molecule has 7 heteroatoms. The topological polar surface area (TPSA) is 105 Å². The number of aromatic nitrogens is 1.